The van der Waals surface area contributed by atoms with Crippen molar-refractivity contribution in [3.05, 3.63) is 65.6 Å². The highest BCUT2D eigenvalue weighted by Gasteiger charge is 2.09. The number of carbonyl (C=O) groups is 2. The van der Waals surface area contributed by atoms with Gasteiger partial charge in [0.15, 0.2) is 5.13 Å². The Morgan fingerprint density at radius 1 is 1.08 bits per heavy atom. The molecule has 0 bridgehead atoms. The smallest absolute Gasteiger partial charge is 0.325 e. The molecule has 0 fully saturated rings. The van der Waals surface area contributed by atoms with E-state index in [0.717, 1.165) is 5.69 Å². The summed E-state index contributed by atoms with van der Waals surface area (Å²) >= 11 is 1.32. The normalized spacial score (nSPS) is 10.3. The molecule has 8 heteroatoms. The predicted octanol–water partition coefficient (Wildman–Crippen LogP) is 3.63. The quantitative estimate of drug-likeness (QED) is 0.592. The number of aryl methyl sites for hydroxylation is 1. The van der Waals surface area contributed by atoms with E-state index in [0.29, 0.717) is 36.0 Å². The van der Waals surface area contributed by atoms with E-state index in [1.54, 1.807) is 30.5 Å². The van der Waals surface area contributed by atoms with E-state index in [1.165, 1.54) is 11.3 Å². The van der Waals surface area contributed by atoms with E-state index < -0.39 is 0 Å². The molecule has 134 valence electrons. The molecule has 0 aliphatic carbocycles. The zero-order chi connectivity index (χ0) is 18.2. The van der Waals surface area contributed by atoms with E-state index in [2.05, 4.69) is 20.9 Å². The van der Waals surface area contributed by atoms with Gasteiger partial charge < -0.3 is 15.1 Å². The van der Waals surface area contributed by atoms with Crippen LogP contribution in [-0.4, -0.2) is 16.9 Å². The van der Waals surface area contributed by atoms with Crippen molar-refractivity contribution in [3.8, 4) is 0 Å². The van der Waals surface area contributed by atoms with Gasteiger partial charge in [-0.3, -0.25) is 10.1 Å². The molecule has 0 atom stereocenters. The lowest BCUT2D eigenvalue weighted by Crippen LogP contribution is -2.22. The Hall–Kier alpha value is -3.13. The topological polar surface area (TPSA) is 96.3 Å². The lowest BCUT2D eigenvalue weighted by atomic mass is 10.2. The number of hydrogen-bond donors (Lipinski definition) is 3. The number of anilines is 2. The van der Waals surface area contributed by atoms with Crippen molar-refractivity contribution in [2.24, 2.45) is 0 Å². The fourth-order valence-corrected chi connectivity index (χ4v) is 2.93. The molecule has 3 aromatic rings. The Kier molecular flexibility index (Phi) is 6.00. The number of thiazole rings is 1. The molecule has 0 spiro atoms. The highest BCUT2D eigenvalue weighted by molar-refractivity contribution is 7.13. The van der Waals surface area contributed by atoms with E-state index >= 15 is 0 Å². The average molecular weight is 370 g/mol. The first-order chi connectivity index (χ1) is 12.7. The van der Waals surface area contributed by atoms with Crippen molar-refractivity contribution < 1.29 is 14.0 Å². The molecule has 26 heavy (non-hydrogen) atoms. The Balaban J connectivity index is 1.41. The molecule has 1 aromatic carbocycles. The summed E-state index contributed by atoms with van der Waals surface area (Å²) in [5.41, 5.74) is 1.47. The summed E-state index contributed by atoms with van der Waals surface area (Å²) in [6.07, 6.45) is 2.39. The second kappa shape index (κ2) is 8.82. The third-order valence-corrected chi connectivity index (χ3v) is 4.26. The van der Waals surface area contributed by atoms with Crippen molar-refractivity contribution in [2.45, 2.75) is 19.4 Å². The van der Waals surface area contributed by atoms with Gasteiger partial charge >= 0.3 is 6.03 Å². The highest BCUT2D eigenvalue weighted by atomic mass is 32.1. The first-order valence-electron chi connectivity index (χ1n) is 8.05. The number of rotatable bonds is 7. The molecule has 2 aromatic heterocycles. The van der Waals surface area contributed by atoms with Crippen LogP contribution in [0.1, 0.15) is 17.9 Å². The van der Waals surface area contributed by atoms with Gasteiger partial charge in [-0.1, -0.05) is 18.2 Å². The molecular weight excluding hydrogens is 352 g/mol. The number of nitrogens with zero attached hydrogens (tertiary/aromatic N) is 1. The minimum atomic E-state index is -0.353. The van der Waals surface area contributed by atoms with Crippen LogP contribution in [0.3, 0.4) is 0 Å². The van der Waals surface area contributed by atoms with Gasteiger partial charge in [0, 0.05) is 17.5 Å². The van der Waals surface area contributed by atoms with Crippen LogP contribution >= 0.6 is 11.3 Å². The summed E-state index contributed by atoms with van der Waals surface area (Å²) in [6, 6.07) is 12.4. The van der Waals surface area contributed by atoms with E-state index in [1.807, 2.05) is 23.6 Å². The number of carbonyl (C=O) groups excluding carboxylic acids is 2. The molecule has 0 saturated carbocycles. The number of amides is 3. The maximum absolute atomic E-state index is 11.9. The molecule has 0 aliphatic heterocycles. The number of hydrogen-bond acceptors (Lipinski definition) is 5. The van der Waals surface area contributed by atoms with Crippen LogP contribution in [0.2, 0.25) is 0 Å². The number of aromatic nitrogens is 1. The second-order valence-corrected chi connectivity index (χ2v) is 6.30. The number of nitrogens with one attached hydrogen (secondary N) is 3. The van der Waals surface area contributed by atoms with Crippen LogP contribution in [0.25, 0.3) is 0 Å². The highest BCUT2D eigenvalue weighted by Crippen LogP contribution is 2.17. The lowest BCUT2D eigenvalue weighted by Gasteiger charge is -2.04. The number of furan rings is 1. The molecule has 0 aliphatic rings. The monoisotopic (exact) mass is 370 g/mol. The molecule has 2 heterocycles. The van der Waals surface area contributed by atoms with Crippen LogP contribution < -0.4 is 16.0 Å². The first kappa shape index (κ1) is 17.7. The van der Waals surface area contributed by atoms with Crippen molar-refractivity contribution in [3.63, 3.8) is 0 Å². The SMILES string of the molecule is O=C(CCc1csc(NC(=O)Nc2ccccc2)n1)NCc1ccco1. The van der Waals surface area contributed by atoms with Gasteiger partial charge in [0.25, 0.3) is 0 Å². The van der Waals surface area contributed by atoms with E-state index in [4.69, 9.17) is 4.42 Å². The Morgan fingerprint density at radius 2 is 1.92 bits per heavy atom. The Labute approximate surface area is 154 Å². The van der Waals surface area contributed by atoms with Crippen LogP contribution in [0.5, 0.6) is 0 Å². The average Bonchev–Trinajstić information content (AvgIpc) is 3.31. The third-order valence-electron chi connectivity index (χ3n) is 3.45. The number of benzene rings is 1. The number of urea groups is 1. The zero-order valence-corrected chi connectivity index (χ0v) is 14.7. The molecule has 7 nitrogen and oxygen atoms in total. The molecule has 0 unspecified atom stereocenters. The van der Waals surface area contributed by atoms with Gasteiger partial charge in [0.05, 0.1) is 18.5 Å². The van der Waals surface area contributed by atoms with Crippen molar-refractivity contribution in [2.75, 3.05) is 10.6 Å². The van der Waals surface area contributed by atoms with E-state index in [9.17, 15) is 9.59 Å². The minimum absolute atomic E-state index is 0.0780. The maximum Gasteiger partial charge on any atom is 0.325 e. The molecule has 3 N–H and O–H groups in total. The predicted molar refractivity (Wildman–Crippen MR) is 100 cm³/mol. The van der Waals surface area contributed by atoms with Crippen LogP contribution in [0.4, 0.5) is 15.6 Å². The Morgan fingerprint density at radius 3 is 2.69 bits per heavy atom. The summed E-state index contributed by atoms with van der Waals surface area (Å²) < 4.78 is 5.16. The molecule has 3 amide bonds. The summed E-state index contributed by atoms with van der Waals surface area (Å²) in [5.74, 6) is 0.633. The van der Waals surface area contributed by atoms with E-state index in [-0.39, 0.29) is 11.9 Å². The molecule has 0 radical (unpaired) electrons. The summed E-state index contributed by atoms with van der Waals surface area (Å²) in [6.45, 7) is 0.370. The fraction of sp³-hybridized carbons (Fsp3) is 0.167. The molecular formula is C18H18N4O3S. The maximum atomic E-state index is 11.9. The third kappa shape index (κ3) is 5.45. The summed E-state index contributed by atoms with van der Waals surface area (Å²) in [4.78, 5) is 28.1. The minimum Gasteiger partial charge on any atom is -0.467 e. The van der Waals surface area contributed by atoms with Gasteiger partial charge in [-0.05, 0) is 30.7 Å². The summed E-state index contributed by atoms with van der Waals surface area (Å²) in [5, 5.41) is 10.5. The van der Waals surface area contributed by atoms with Crippen molar-refractivity contribution in [1.82, 2.24) is 10.3 Å². The van der Waals surface area contributed by atoms with Crippen LogP contribution in [0, 0.1) is 0 Å². The van der Waals surface area contributed by atoms with Crippen LogP contribution in [0.15, 0.2) is 58.5 Å². The molecule has 0 saturated heterocycles. The number of para-hydroxylation sites is 1. The standard InChI is InChI=1S/C18H18N4O3S/c23-16(19-11-15-7-4-10-25-15)9-8-14-12-26-18(21-14)22-17(24)20-13-5-2-1-3-6-13/h1-7,10,12H,8-9,11H2,(H,19,23)(H2,20,21,22,24). The van der Waals surface area contributed by atoms with Gasteiger partial charge in [0.2, 0.25) is 5.91 Å². The van der Waals surface area contributed by atoms with Crippen molar-refractivity contribution >= 4 is 34.1 Å². The lowest BCUT2D eigenvalue weighted by molar-refractivity contribution is -0.121. The van der Waals surface area contributed by atoms with Crippen molar-refractivity contribution in [1.29, 1.82) is 0 Å². The first-order valence-corrected chi connectivity index (χ1v) is 8.93. The van der Waals surface area contributed by atoms with Gasteiger partial charge in [-0.15, -0.1) is 11.3 Å². The summed E-state index contributed by atoms with van der Waals surface area (Å²) in [7, 11) is 0. The fourth-order valence-electron chi connectivity index (χ4n) is 2.19. The largest absolute Gasteiger partial charge is 0.467 e. The second-order valence-electron chi connectivity index (χ2n) is 5.45. The van der Waals surface area contributed by atoms with Gasteiger partial charge in [-0.25, -0.2) is 9.78 Å². The molecule has 3 rings (SSSR count). The Bertz CT molecular complexity index is 846. The van der Waals surface area contributed by atoms with Gasteiger partial charge in [-0.2, -0.15) is 0 Å². The van der Waals surface area contributed by atoms with Gasteiger partial charge in [0.1, 0.15) is 5.76 Å². The zero-order valence-electron chi connectivity index (χ0n) is 13.9. The van der Waals surface area contributed by atoms with Crippen LogP contribution in [-0.2, 0) is 17.8 Å².